The Kier molecular flexibility index (Phi) is 3.72. The molecule has 5 heteroatoms. The average Bonchev–Trinajstić information content (AvgIpc) is 2.28. The quantitative estimate of drug-likeness (QED) is 0.626. The molecule has 1 aliphatic heterocycles. The Morgan fingerprint density at radius 2 is 2.17 bits per heavy atom. The van der Waals surface area contributed by atoms with E-state index in [0.29, 0.717) is 5.92 Å². The van der Waals surface area contributed by atoms with E-state index in [0.717, 1.165) is 25.6 Å². The molecule has 0 aromatic heterocycles. The summed E-state index contributed by atoms with van der Waals surface area (Å²) in [5, 5.41) is 24.9. The van der Waals surface area contributed by atoms with Crippen molar-refractivity contribution in [3.8, 4) is 11.5 Å². The SMILES string of the molecule is CC1CNCC(NC(=O)c2ccc(O)cc2O)C1. The third-order valence-electron chi connectivity index (χ3n) is 3.13. The molecule has 1 aliphatic rings. The zero-order chi connectivity index (χ0) is 13.1. The summed E-state index contributed by atoms with van der Waals surface area (Å²) in [5.74, 6) is -0.0489. The number of phenols is 2. The highest BCUT2D eigenvalue weighted by atomic mass is 16.3. The van der Waals surface area contributed by atoms with Crippen molar-refractivity contribution in [1.29, 1.82) is 0 Å². The van der Waals surface area contributed by atoms with E-state index in [2.05, 4.69) is 17.6 Å². The first kappa shape index (κ1) is 12.7. The summed E-state index contributed by atoms with van der Waals surface area (Å²) in [6.45, 7) is 3.84. The van der Waals surface area contributed by atoms with Gasteiger partial charge in [-0.05, 0) is 31.0 Å². The minimum absolute atomic E-state index is 0.0583. The van der Waals surface area contributed by atoms with Gasteiger partial charge in [-0.2, -0.15) is 0 Å². The number of hydrogen-bond acceptors (Lipinski definition) is 4. The molecule has 1 heterocycles. The summed E-state index contributed by atoms with van der Waals surface area (Å²) in [5.41, 5.74) is 0.186. The lowest BCUT2D eigenvalue weighted by Crippen LogP contribution is -2.48. The predicted molar refractivity (Wildman–Crippen MR) is 67.7 cm³/mol. The minimum Gasteiger partial charge on any atom is -0.508 e. The van der Waals surface area contributed by atoms with Crippen LogP contribution < -0.4 is 10.6 Å². The van der Waals surface area contributed by atoms with Crippen LogP contribution in [0.5, 0.6) is 11.5 Å². The summed E-state index contributed by atoms with van der Waals surface area (Å²) < 4.78 is 0. The van der Waals surface area contributed by atoms with Gasteiger partial charge >= 0.3 is 0 Å². The van der Waals surface area contributed by atoms with Gasteiger partial charge in [0.25, 0.3) is 5.91 Å². The average molecular weight is 250 g/mol. The summed E-state index contributed by atoms with van der Waals surface area (Å²) in [7, 11) is 0. The second-order valence-electron chi connectivity index (χ2n) is 4.87. The number of carbonyl (C=O) groups is 1. The molecule has 0 saturated carbocycles. The molecule has 4 N–H and O–H groups in total. The van der Waals surface area contributed by atoms with Crippen molar-refractivity contribution in [2.45, 2.75) is 19.4 Å². The van der Waals surface area contributed by atoms with Gasteiger partial charge in [0.15, 0.2) is 0 Å². The molecule has 0 spiro atoms. The smallest absolute Gasteiger partial charge is 0.255 e. The van der Waals surface area contributed by atoms with E-state index in [9.17, 15) is 15.0 Å². The van der Waals surface area contributed by atoms with Crippen molar-refractivity contribution in [1.82, 2.24) is 10.6 Å². The zero-order valence-electron chi connectivity index (χ0n) is 10.3. The Morgan fingerprint density at radius 1 is 1.39 bits per heavy atom. The van der Waals surface area contributed by atoms with Gasteiger partial charge in [0.1, 0.15) is 11.5 Å². The minimum atomic E-state index is -0.312. The van der Waals surface area contributed by atoms with E-state index in [4.69, 9.17) is 0 Å². The highest BCUT2D eigenvalue weighted by molar-refractivity contribution is 5.97. The maximum atomic E-state index is 12.0. The number of piperidine rings is 1. The van der Waals surface area contributed by atoms with Gasteiger partial charge in [-0.15, -0.1) is 0 Å². The largest absolute Gasteiger partial charge is 0.508 e. The van der Waals surface area contributed by atoms with Crippen molar-refractivity contribution in [3.05, 3.63) is 23.8 Å². The van der Waals surface area contributed by atoms with Crippen LogP contribution in [-0.4, -0.2) is 35.3 Å². The highest BCUT2D eigenvalue weighted by Crippen LogP contribution is 2.22. The molecular formula is C13H18N2O3. The van der Waals surface area contributed by atoms with Crippen LogP contribution in [0, 0.1) is 5.92 Å². The third-order valence-corrected chi connectivity index (χ3v) is 3.13. The van der Waals surface area contributed by atoms with Crippen molar-refractivity contribution < 1.29 is 15.0 Å². The topological polar surface area (TPSA) is 81.6 Å². The van der Waals surface area contributed by atoms with E-state index in [1.165, 1.54) is 12.1 Å². The fraction of sp³-hybridized carbons (Fsp3) is 0.462. The number of carbonyl (C=O) groups excluding carboxylic acids is 1. The third kappa shape index (κ3) is 2.92. The Balaban J connectivity index is 2.03. The second-order valence-corrected chi connectivity index (χ2v) is 4.87. The summed E-state index contributed by atoms with van der Waals surface area (Å²) in [6.07, 6.45) is 0.928. The van der Waals surface area contributed by atoms with Gasteiger partial charge < -0.3 is 20.8 Å². The molecule has 1 fully saturated rings. The maximum Gasteiger partial charge on any atom is 0.255 e. The van der Waals surface area contributed by atoms with Gasteiger partial charge in [0.05, 0.1) is 5.56 Å². The van der Waals surface area contributed by atoms with Crippen LogP contribution in [0.1, 0.15) is 23.7 Å². The number of amides is 1. The van der Waals surface area contributed by atoms with Crippen molar-refractivity contribution >= 4 is 5.91 Å². The molecule has 1 aromatic rings. The van der Waals surface area contributed by atoms with Gasteiger partial charge in [-0.1, -0.05) is 6.92 Å². The lowest BCUT2D eigenvalue weighted by atomic mass is 9.97. The van der Waals surface area contributed by atoms with Crippen LogP contribution in [-0.2, 0) is 0 Å². The standard InChI is InChI=1S/C13H18N2O3/c1-8-4-9(7-14-6-8)15-13(18)11-3-2-10(16)5-12(11)17/h2-3,5,8-9,14,16-17H,4,6-7H2,1H3,(H,15,18). The van der Waals surface area contributed by atoms with E-state index >= 15 is 0 Å². The van der Waals surface area contributed by atoms with Crippen LogP contribution in [0.4, 0.5) is 0 Å². The summed E-state index contributed by atoms with van der Waals surface area (Å²) in [4.78, 5) is 12.0. The predicted octanol–water partition coefficient (Wildman–Crippen LogP) is 0.826. The van der Waals surface area contributed by atoms with E-state index < -0.39 is 0 Å². The normalized spacial score (nSPS) is 23.6. The highest BCUT2D eigenvalue weighted by Gasteiger charge is 2.21. The Morgan fingerprint density at radius 3 is 2.83 bits per heavy atom. The number of hydrogen-bond donors (Lipinski definition) is 4. The molecule has 5 nitrogen and oxygen atoms in total. The number of aromatic hydroxyl groups is 2. The molecule has 98 valence electrons. The number of benzene rings is 1. The fourth-order valence-electron chi connectivity index (χ4n) is 2.24. The fourth-order valence-corrected chi connectivity index (χ4v) is 2.24. The van der Waals surface area contributed by atoms with Crippen LogP contribution in [0.2, 0.25) is 0 Å². The number of phenolic OH excluding ortho intramolecular Hbond substituents is 2. The molecule has 1 aromatic carbocycles. The first-order valence-electron chi connectivity index (χ1n) is 6.10. The van der Waals surface area contributed by atoms with E-state index in [-0.39, 0.29) is 29.0 Å². The molecule has 18 heavy (non-hydrogen) atoms. The van der Waals surface area contributed by atoms with Gasteiger partial charge in [0.2, 0.25) is 0 Å². The first-order valence-corrected chi connectivity index (χ1v) is 6.10. The lowest BCUT2D eigenvalue weighted by molar-refractivity contribution is 0.0922. The van der Waals surface area contributed by atoms with Crippen molar-refractivity contribution in [2.75, 3.05) is 13.1 Å². The molecule has 0 aliphatic carbocycles. The summed E-state index contributed by atoms with van der Waals surface area (Å²) >= 11 is 0. The lowest BCUT2D eigenvalue weighted by Gasteiger charge is -2.28. The summed E-state index contributed by atoms with van der Waals surface area (Å²) in [6, 6.07) is 4.04. The monoisotopic (exact) mass is 250 g/mol. The number of nitrogens with one attached hydrogen (secondary N) is 2. The second kappa shape index (κ2) is 5.27. The van der Waals surface area contributed by atoms with Gasteiger partial charge in [-0.25, -0.2) is 0 Å². The molecule has 1 amide bonds. The van der Waals surface area contributed by atoms with Crippen LogP contribution in [0.25, 0.3) is 0 Å². The van der Waals surface area contributed by atoms with E-state index in [1.54, 1.807) is 0 Å². The molecule has 2 unspecified atom stereocenters. The Labute approximate surface area is 106 Å². The van der Waals surface area contributed by atoms with Crippen molar-refractivity contribution in [2.24, 2.45) is 5.92 Å². The van der Waals surface area contributed by atoms with Crippen molar-refractivity contribution in [3.63, 3.8) is 0 Å². The Bertz CT molecular complexity index is 448. The molecule has 0 radical (unpaired) electrons. The Hall–Kier alpha value is -1.75. The maximum absolute atomic E-state index is 12.0. The van der Waals surface area contributed by atoms with Gasteiger partial charge in [-0.3, -0.25) is 4.79 Å². The molecule has 2 rings (SSSR count). The van der Waals surface area contributed by atoms with Crippen LogP contribution in [0.3, 0.4) is 0 Å². The molecule has 1 saturated heterocycles. The van der Waals surface area contributed by atoms with E-state index in [1.807, 2.05) is 0 Å². The zero-order valence-corrected chi connectivity index (χ0v) is 10.3. The molecule has 0 bridgehead atoms. The van der Waals surface area contributed by atoms with Crippen LogP contribution >= 0.6 is 0 Å². The first-order chi connectivity index (χ1) is 8.56. The molecular weight excluding hydrogens is 232 g/mol. The number of rotatable bonds is 2. The molecule has 2 atom stereocenters. The van der Waals surface area contributed by atoms with Gasteiger partial charge in [0, 0.05) is 18.7 Å². The van der Waals surface area contributed by atoms with Crippen LogP contribution in [0.15, 0.2) is 18.2 Å².